The van der Waals surface area contributed by atoms with Crippen molar-refractivity contribution < 1.29 is 9.15 Å². The number of nitrogens with one attached hydrogen (secondary N) is 1. The van der Waals surface area contributed by atoms with E-state index in [4.69, 9.17) is 9.15 Å². The molecule has 6 nitrogen and oxygen atoms in total. The maximum atomic E-state index is 5.95. The maximum absolute atomic E-state index is 5.95. The van der Waals surface area contributed by atoms with Crippen molar-refractivity contribution in [1.29, 1.82) is 0 Å². The van der Waals surface area contributed by atoms with Gasteiger partial charge in [-0.2, -0.15) is 0 Å². The van der Waals surface area contributed by atoms with E-state index < -0.39 is 0 Å². The molecular formula is C29H26N4O2. The number of hydrogen-bond donors (Lipinski definition) is 1. The largest absolute Gasteiger partial charge is 0.439 e. The first-order chi connectivity index (χ1) is 17.1. The van der Waals surface area contributed by atoms with Crippen LogP contribution in [0.1, 0.15) is 18.7 Å². The van der Waals surface area contributed by atoms with Gasteiger partial charge in [0.1, 0.15) is 5.52 Å². The molecule has 0 atom stereocenters. The van der Waals surface area contributed by atoms with Crippen molar-refractivity contribution in [1.82, 2.24) is 9.55 Å². The summed E-state index contributed by atoms with van der Waals surface area (Å²) in [6.45, 7) is 0. The molecular weight excluding hydrogens is 436 g/mol. The maximum Gasteiger partial charge on any atom is 0.220 e. The molecule has 6 heteroatoms. The smallest absolute Gasteiger partial charge is 0.220 e. The first-order valence-corrected chi connectivity index (χ1v) is 11.7. The number of nitrogens with zero attached hydrogens (tertiary/aromatic N) is 3. The third-order valence-electron chi connectivity index (χ3n) is 6.26. The molecule has 174 valence electrons. The molecule has 0 unspecified atom stereocenters. The lowest BCUT2D eigenvalue weighted by Gasteiger charge is -2.11. The van der Waals surface area contributed by atoms with Crippen LogP contribution in [-0.2, 0) is 0 Å². The molecule has 4 aromatic rings. The molecule has 0 saturated heterocycles. The second-order valence-electron chi connectivity index (χ2n) is 8.84. The average molecular weight is 463 g/mol. The molecule has 1 N–H and O–H groups in total. The molecule has 6 rings (SSSR count). The quantitative estimate of drug-likeness (QED) is 0.358. The van der Waals surface area contributed by atoms with Crippen molar-refractivity contribution in [2.75, 3.05) is 24.3 Å². The molecule has 35 heavy (non-hydrogen) atoms. The van der Waals surface area contributed by atoms with Crippen LogP contribution in [0.5, 0.6) is 5.75 Å². The zero-order chi connectivity index (χ0) is 23.8. The highest BCUT2D eigenvalue weighted by atomic mass is 16.5. The van der Waals surface area contributed by atoms with E-state index in [9.17, 15) is 0 Å². The lowest BCUT2D eigenvalue weighted by molar-refractivity contribution is 0.457. The molecule has 1 aliphatic carbocycles. The molecule has 0 bridgehead atoms. The van der Waals surface area contributed by atoms with E-state index in [0.29, 0.717) is 5.89 Å². The van der Waals surface area contributed by atoms with Crippen LogP contribution in [0.2, 0.25) is 0 Å². The summed E-state index contributed by atoms with van der Waals surface area (Å²) in [5.74, 6) is 2.19. The van der Waals surface area contributed by atoms with E-state index in [-0.39, 0.29) is 0 Å². The Hall–Kier alpha value is -4.45. The number of para-hydroxylation sites is 4. The summed E-state index contributed by atoms with van der Waals surface area (Å²) in [4.78, 5) is 6.70. The predicted octanol–water partition coefficient (Wildman–Crippen LogP) is 6.69. The number of ether oxygens (including phenoxy) is 1. The Morgan fingerprint density at radius 1 is 0.971 bits per heavy atom. The van der Waals surface area contributed by atoms with Gasteiger partial charge in [0.05, 0.1) is 17.1 Å². The minimum atomic E-state index is 0.611. The first kappa shape index (κ1) is 21.1. The Morgan fingerprint density at radius 3 is 2.66 bits per heavy atom. The van der Waals surface area contributed by atoms with Crippen molar-refractivity contribution in [3.05, 3.63) is 108 Å². The van der Waals surface area contributed by atoms with Crippen molar-refractivity contribution in [2.24, 2.45) is 0 Å². The van der Waals surface area contributed by atoms with Crippen molar-refractivity contribution in [2.45, 2.75) is 12.8 Å². The van der Waals surface area contributed by atoms with Gasteiger partial charge in [-0.05, 0) is 60.4 Å². The molecule has 1 aliphatic heterocycles. The lowest BCUT2D eigenvalue weighted by Crippen LogP contribution is -2.07. The van der Waals surface area contributed by atoms with E-state index in [1.807, 2.05) is 60.7 Å². The number of anilines is 2. The Morgan fingerprint density at radius 2 is 1.83 bits per heavy atom. The zero-order valence-corrected chi connectivity index (χ0v) is 19.7. The standard InChI is InChI=1S/C29H26N4O2/c1-32(2)22-17-18-33(19-22)29-20(13-15-27-30-23-7-3-5-9-25(23)34-27)11-12-21(29)14-16-28-31-24-8-4-6-10-26(24)35-28/h3-10,13-19,30H,11-12H2,1-2H3/b16-14+,20-13+,27-15-. The van der Waals surface area contributed by atoms with Crippen LogP contribution in [0.4, 0.5) is 11.4 Å². The van der Waals surface area contributed by atoms with Crippen molar-refractivity contribution >= 4 is 34.2 Å². The van der Waals surface area contributed by atoms with Gasteiger partial charge in [0.25, 0.3) is 0 Å². The lowest BCUT2D eigenvalue weighted by atomic mass is 10.2. The number of allylic oxidation sites excluding steroid dienone is 6. The third kappa shape index (κ3) is 4.15. The fourth-order valence-corrected chi connectivity index (χ4v) is 4.48. The van der Waals surface area contributed by atoms with Gasteiger partial charge in [-0.1, -0.05) is 36.4 Å². The van der Waals surface area contributed by atoms with E-state index in [2.05, 4.69) is 64.5 Å². The average Bonchev–Trinajstić information content (AvgIpc) is 3.65. The summed E-state index contributed by atoms with van der Waals surface area (Å²) < 4.78 is 14.0. The SMILES string of the molecule is CN(C)c1ccn(C2=C(/C=C/c3nc4ccccc4o3)CC/C2=C\C=C2\Nc3ccccc3O2)c1. The van der Waals surface area contributed by atoms with E-state index >= 15 is 0 Å². The number of rotatable bonds is 5. The fourth-order valence-electron chi connectivity index (χ4n) is 4.48. The van der Waals surface area contributed by atoms with Gasteiger partial charge in [-0.25, -0.2) is 4.98 Å². The summed E-state index contributed by atoms with van der Waals surface area (Å²) in [7, 11) is 4.11. The van der Waals surface area contributed by atoms with E-state index in [0.717, 1.165) is 46.9 Å². The highest BCUT2D eigenvalue weighted by Crippen LogP contribution is 2.38. The fraction of sp³-hybridized carbons (Fsp3) is 0.138. The normalized spacial score (nSPS) is 17.5. The zero-order valence-electron chi connectivity index (χ0n) is 19.7. The van der Waals surface area contributed by atoms with Crippen LogP contribution in [0.3, 0.4) is 0 Å². The molecule has 2 aromatic carbocycles. The second-order valence-corrected chi connectivity index (χ2v) is 8.84. The summed E-state index contributed by atoms with van der Waals surface area (Å²) >= 11 is 0. The molecule has 3 heterocycles. The van der Waals surface area contributed by atoms with Gasteiger partial charge < -0.3 is 23.9 Å². The van der Waals surface area contributed by atoms with Crippen LogP contribution in [0, 0.1) is 0 Å². The van der Waals surface area contributed by atoms with Gasteiger partial charge in [0.15, 0.2) is 17.2 Å². The number of fused-ring (bicyclic) bond motifs is 2. The van der Waals surface area contributed by atoms with Gasteiger partial charge in [-0.15, -0.1) is 0 Å². The van der Waals surface area contributed by atoms with Crippen molar-refractivity contribution in [3.63, 3.8) is 0 Å². The Bertz CT molecular complexity index is 1470. The highest BCUT2D eigenvalue weighted by Gasteiger charge is 2.21. The molecule has 0 radical (unpaired) electrons. The van der Waals surface area contributed by atoms with Gasteiger partial charge in [0.2, 0.25) is 5.89 Å². The minimum Gasteiger partial charge on any atom is -0.439 e. The Kier molecular flexibility index (Phi) is 5.26. The van der Waals surface area contributed by atoms with Crippen LogP contribution in [0.15, 0.2) is 107 Å². The van der Waals surface area contributed by atoms with Crippen LogP contribution in [-0.4, -0.2) is 23.6 Å². The first-order valence-electron chi connectivity index (χ1n) is 11.7. The van der Waals surface area contributed by atoms with Gasteiger partial charge >= 0.3 is 0 Å². The Labute approximate surface area is 204 Å². The molecule has 0 fully saturated rings. The number of hydrogen-bond acceptors (Lipinski definition) is 5. The highest BCUT2D eigenvalue weighted by molar-refractivity contribution is 5.78. The number of benzene rings is 2. The summed E-state index contributed by atoms with van der Waals surface area (Å²) in [6.07, 6.45) is 14.4. The summed E-state index contributed by atoms with van der Waals surface area (Å²) in [5, 5.41) is 3.33. The topological polar surface area (TPSA) is 55.5 Å². The summed E-state index contributed by atoms with van der Waals surface area (Å²) in [6, 6.07) is 17.9. The minimum absolute atomic E-state index is 0.611. The van der Waals surface area contributed by atoms with Gasteiger partial charge in [-0.3, -0.25) is 0 Å². The third-order valence-corrected chi connectivity index (χ3v) is 6.26. The molecule has 0 saturated carbocycles. The van der Waals surface area contributed by atoms with Gasteiger partial charge in [0, 0.05) is 32.6 Å². The monoisotopic (exact) mass is 462 g/mol. The van der Waals surface area contributed by atoms with Crippen LogP contribution < -0.4 is 15.0 Å². The van der Waals surface area contributed by atoms with Crippen LogP contribution >= 0.6 is 0 Å². The van der Waals surface area contributed by atoms with E-state index in [1.165, 1.54) is 16.8 Å². The molecule has 0 amide bonds. The summed E-state index contributed by atoms with van der Waals surface area (Å²) in [5.41, 5.74) is 7.47. The number of oxazole rings is 1. The Balaban J connectivity index is 1.35. The molecule has 2 aliphatic rings. The van der Waals surface area contributed by atoms with Crippen molar-refractivity contribution in [3.8, 4) is 5.75 Å². The number of aromatic nitrogens is 2. The predicted molar refractivity (Wildman–Crippen MR) is 141 cm³/mol. The van der Waals surface area contributed by atoms with Crippen LogP contribution in [0.25, 0.3) is 22.9 Å². The molecule has 2 aromatic heterocycles. The second kappa shape index (κ2) is 8.72. The molecule has 0 spiro atoms. The van der Waals surface area contributed by atoms with E-state index in [1.54, 1.807) is 0 Å².